The van der Waals surface area contributed by atoms with Gasteiger partial charge in [0.1, 0.15) is 5.75 Å². The van der Waals surface area contributed by atoms with Crippen LogP contribution in [0.4, 0.5) is 0 Å². The molecule has 1 amide bonds. The van der Waals surface area contributed by atoms with E-state index in [2.05, 4.69) is 34.5 Å². The first-order chi connectivity index (χ1) is 14.1. The molecule has 0 saturated heterocycles. The summed E-state index contributed by atoms with van der Waals surface area (Å²) in [6.07, 6.45) is 0.680. The molecule has 0 fully saturated rings. The Labute approximate surface area is 173 Å². The summed E-state index contributed by atoms with van der Waals surface area (Å²) in [7, 11) is 0. The Morgan fingerprint density at radius 3 is 2.62 bits per heavy atom. The largest absolute Gasteiger partial charge is 0.494 e. The minimum absolute atomic E-state index is 0.0987. The molecule has 0 aliphatic carbocycles. The predicted octanol–water partition coefficient (Wildman–Crippen LogP) is 4.14. The van der Waals surface area contributed by atoms with Crippen molar-refractivity contribution in [2.24, 2.45) is 0 Å². The number of thiazole rings is 1. The van der Waals surface area contributed by atoms with Crippen LogP contribution in [-0.2, 0) is 6.42 Å². The van der Waals surface area contributed by atoms with E-state index in [-0.39, 0.29) is 5.91 Å². The van der Waals surface area contributed by atoms with Gasteiger partial charge >= 0.3 is 0 Å². The minimum Gasteiger partial charge on any atom is -0.494 e. The first kappa shape index (κ1) is 19.1. The van der Waals surface area contributed by atoms with Crippen molar-refractivity contribution in [3.63, 3.8) is 0 Å². The van der Waals surface area contributed by atoms with Gasteiger partial charge in [-0.25, -0.2) is 4.52 Å². The molecule has 7 heteroatoms. The predicted molar refractivity (Wildman–Crippen MR) is 115 cm³/mol. The van der Waals surface area contributed by atoms with Crippen molar-refractivity contribution >= 4 is 22.2 Å². The van der Waals surface area contributed by atoms with Gasteiger partial charge in [0.25, 0.3) is 5.91 Å². The van der Waals surface area contributed by atoms with Gasteiger partial charge in [-0.2, -0.15) is 4.98 Å². The molecule has 0 unspecified atom stereocenters. The van der Waals surface area contributed by atoms with E-state index < -0.39 is 0 Å². The smallest absolute Gasteiger partial charge is 0.251 e. The first-order valence-corrected chi connectivity index (χ1v) is 10.4. The van der Waals surface area contributed by atoms with E-state index in [4.69, 9.17) is 4.74 Å². The molecule has 0 spiro atoms. The van der Waals surface area contributed by atoms with Crippen molar-refractivity contribution in [1.29, 1.82) is 0 Å². The molecule has 0 radical (unpaired) electrons. The summed E-state index contributed by atoms with van der Waals surface area (Å²) >= 11 is 1.56. The van der Waals surface area contributed by atoms with Crippen LogP contribution in [0.5, 0.6) is 5.75 Å². The quantitative estimate of drug-likeness (QED) is 0.501. The molecule has 2 aromatic carbocycles. The highest BCUT2D eigenvalue weighted by Gasteiger charge is 2.12. The van der Waals surface area contributed by atoms with Gasteiger partial charge in [-0.05, 0) is 38.1 Å². The zero-order valence-corrected chi connectivity index (χ0v) is 17.2. The Morgan fingerprint density at radius 2 is 1.90 bits per heavy atom. The number of aryl methyl sites for hydroxylation is 1. The number of amides is 1. The summed E-state index contributed by atoms with van der Waals surface area (Å²) in [6, 6.07) is 15.3. The Morgan fingerprint density at radius 1 is 1.14 bits per heavy atom. The number of hydrogen-bond donors (Lipinski definition) is 1. The zero-order valence-electron chi connectivity index (χ0n) is 16.4. The van der Waals surface area contributed by atoms with Gasteiger partial charge in [0.15, 0.2) is 5.82 Å². The van der Waals surface area contributed by atoms with Crippen LogP contribution in [-0.4, -0.2) is 33.7 Å². The summed E-state index contributed by atoms with van der Waals surface area (Å²) in [4.78, 5) is 17.8. The molecule has 148 valence electrons. The number of rotatable bonds is 7. The average Bonchev–Trinajstić information content (AvgIpc) is 3.31. The maximum atomic E-state index is 12.3. The Hall–Kier alpha value is -3.19. The molecule has 4 rings (SSSR count). The van der Waals surface area contributed by atoms with Gasteiger partial charge in [-0.1, -0.05) is 29.8 Å². The second kappa shape index (κ2) is 8.45. The minimum atomic E-state index is -0.0987. The maximum Gasteiger partial charge on any atom is 0.251 e. The van der Waals surface area contributed by atoms with E-state index in [9.17, 15) is 4.79 Å². The zero-order chi connectivity index (χ0) is 20.2. The SMILES string of the molecule is CCOc1ccc(C(=O)NCCc2csc3nc(-c4ccc(C)cc4)nn23)cc1. The van der Waals surface area contributed by atoms with E-state index in [1.807, 2.05) is 41.1 Å². The molecule has 6 nitrogen and oxygen atoms in total. The lowest BCUT2D eigenvalue weighted by Crippen LogP contribution is -2.25. The van der Waals surface area contributed by atoms with Crippen molar-refractivity contribution in [3.05, 3.63) is 70.7 Å². The lowest BCUT2D eigenvalue weighted by Gasteiger charge is -2.06. The number of aromatic nitrogens is 3. The number of ether oxygens (including phenoxy) is 1. The molecule has 2 aromatic heterocycles. The van der Waals surface area contributed by atoms with Gasteiger partial charge in [-0.3, -0.25) is 4.79 Å². The summed E-state index contributed by atoms with van der Waals surface area (Å²) in [5.74, 6) is 1.38. The number of fused-ring (bicyclic) bond motifs is 1. The van der Waals surface area contributed by atoms with E-state index in [0.29, 0.717) is 25.1 Å². The van der Waals surface area contributed by atoms with E-state index in [1.54, 1.807) is 23.5 Å². The van der Waals surface area contributed by atoms with Crippen molar-refractivity contribution in [2.75, 3.05) is 13.2 Å². The van der Waals surface area contributed by atoms with Crippen LogP contribution in [0.15, 0.2) is 53.9 Å². The second-order valence-electron chi connectivity index (χ2n) is 6.69. The van der Waals surface area contributed by atoms with Crippen LogP contribution in [0.1, 0.15) is 28.5 Å². The molecular formula is C22H22N4O2S. The van der Waals surface area contributed by atoms with Gasteiger partial charge in [-0.15, -0.1) is 16.4 Å². The highest BCUT2D eigenvalue weighted by molar-refractivity contribution is 7.15. The summed E-state index contributed by atoms with van der Waals surface area (Å²) in [5.41, 5.74) is 3.86. The first-order valence-electron chi connectivity index (χ1n) is 9.55. The summed E-state index contributed by atoms with van der Waals surface area (Å²) < 4.78 is 7.27. The highest BCUT2D eigenvalue weighted by atomic mass is 32.1. The fourth-order valence-electron chi connectivity index (χ4n) is 3.00. The van der Waals surface area contributed by atoms with Crippen molar-refractivity contribution in [1.82, 2.24) is 19.9 Å². The maximum absolute atomic E-state index is 12.3. The normalized spacial score (nSPS) is 11.0. The van der Waals surface area contributed by atoms with Crippen molar-refractivity contribution in [3.8, 4) is 17.1 Å². The lowest BCUT2D eigenvalue weighted by atomic mass is 10.1. The second-order valence-corrected chi connectivity index (χ2v) is 7.52. The molecule has 4 aromatic rings. The number of hydrogen-bond acceptors (Lipinski definition) is 5. The molecule has 0 aliphatic rings. The van der Waals surface area contributed by atoms with Crippen LogP contribution in [0.3, 0.4) is 0 Å². The Bertz CT molecular complexity index is 1110. The number of benzene rings is 2. The molecule has 2 heterocycles. The van der Waals surface area contributed by atoms with Crippen LogP contribution in [0.2, 0.25) is 0 Å². The average molecular weight is 407 g/mol. The molecule has 29 heavy (non-hydrogen) atoms. The standard InChI is InChI=1S/C22H22N4O2S/c1-3-28-19-10-8-17(9-11-19)21(27)23-13-12-18-14-29-22-24-20(25-26(18)22)16-6-4-15(2)5-7-16/h4-11,14H,3,12-13H2,1-2H3,(H,23,27). The Kier molecular flexibility index (Phi) is 5.57. The summed E-state index contributed by atoms with van der Waals surface area (Å²) in [6.45, 7) is 5.12. The fourth-order valence-corrected chi connectivity index (χ4v) is 3.85. The molecule has 0 bridgehead atoms. The molecule has 0 saturated carbocycles. The van der Waals surface area contributed by atoms with E-state index in [1.165, 1.54) is 5.56 Å². The van der Waals surface area contributed by atoms with Crippen molar-refractivity contribution < 1.29 is 9.53 Å². The molecule has 0 aliphatic heterocycles. The van der Waals surface area contributed by atoms with Crippen LogP contribution >= 0.6 is 11.3 Å². The molecular weight excluding hydrogens is 384 g/mol. The number of nitrogens with one attached hydrogen (secondary N) is 1. The molecule has 1 N–H and O–H groups in total. The van der Waals surface area contributed by atoms with Crippen LogP contribution < -0.4 is 10.1 Å². The lowest BCUT2D eigenvalue weighted by molar-refractivity contribution is 0.0954. The summed E-state index contributed by atoms with van der Waals surface area (Å²) in [5, 5.41) is 9.65. The number of carbonyl (C=O) groups excluding carboxylic acids is 1. The van der Waals surface area contributed by atoms with Gasteiger partial charge in [0.2, 0.25) is 4.96 Å². The highest BCUT2D eigenvalue weighted by Crippen LogP contribution is 2.21. The van der Waals surface area contributed by atoms with Crippen LogP contribution in [0.25, 0.3) is 16.3 Å². The number of nitrogens with zero attached hydrogens (tertiary/aromatic N) is 3. The Balaban J connectivity index is 1.39. The van der Waals surface area contributed by atoms with E-state index in [0.717, 1.165) is 27.8 Å². The third-order valence-electron chi connectivity index (χ3n) is 4.55. The van der Waals surface area contributed by atoms with Crippen molar-refractivity contribution in [2.45, 2.75) is 20.3 Å². The topological polar surface area (TPSA) is 68.5 Å². The third-order valence-corrected chi connectivity index (χ3v) is 5.42. The third kappa shape index (κ3) is 4.30. The van der Waals surface area contributed by atoms with Gasteiger partial charge < -0.3 is 10.1 Å². The monoisotopic (exact) mass is 406 g/mol. The van der Waals surface area contributed by atoms with Crippen LogP contribution in [0, 0.1) is 6.92 Å². The fraction of sp³-hybridized carbons (Fsp3) is 0.227. The van der Waals surface area contributed by atoms with E-state index >= 15 is 0 Å². The molecule has 0 atom stereocenters. The van der Waals surface area contributed by atoms with Gasteiger partial charge in [0.05, 0.1) is 12.3 Å². The number of carbonyl (C=O) groups is 1. The van der Waals surface area contributed by atoms with Gasteiger partial charge in [0, 0.05) is 29.5 Å².